The molecule has 0 spiro atoms. The topological polar surface area (TPSA) is 70.7 Å². The molecule has 1 aliphatic rings. The molecule has 2 aromatic carbocycles. The van der Waals surface area contributed by atoms with Crippen molar-refractivity contribution in [1.82, 2.24) is 5.32 Å². The zero-order valence-corrected chi connectivity index (χ0v) is 15.4. The van der Waals surface area contributed by atoms with E-state index >= 15 is 0 Å². The number of halogens is 2. The number of urea groups is 1. The van der Waals surface area contributed by atoms with Gasteiger partial charge in [-0.25, -0.2) is 9.18 Å². The molecule has 3 amide bonds. The lowest BCUT2D eigenvalue weighted by Crippen LogP contribution is -2.39. The highest BCUT2D eigenvalue weighted by molar-refractivity contribution is 6.31. The minimum absolute atomic E-state index is 0.0747. The molecule has 3 rings (SSSR count). The van der Waals surface area contributed by atoms with Gasteiger partial charge in [-0.05, 0) is 49.4 Å². The number of nitrogens with one attached hydrogen (secondary N) is 2. The summed E-state index contributed by atoms with van der Waals surface area (Å²) < 4.78 is 18.6. The lowest BCUT2D eigenvalue weighted by molar-refractivity contribution is -0.117. The van der Waals surface area contributed by atoms with Gasteiger partial charge in [0.2, 0.25) is 5.91 Å². The van der Waals surface area contributed by atoms with Crippen LogP contribution >= 0.6 is 11.6 Å². The zero-order chi connectivity index (χ0) is 19.4. The summed E-state index contributed by atoms with van der Waals surface area (Å²) in [6, 6.07) is 10.3. The highest BCUT2D eigenvalue weighted by Gasteiger charge is 2.31. The third kappa shape index (κ3) is 4.68. The monoisotopic (exact) mass is 391 g/mol. The van der Waals surface area contributed by atoms with E-state index in [0.29, 0.717) is 18.8 Å². The molecule has 0 bridgehead atoms. The van der Waals surface area contributed by atoms with Gasteiger partial charge in [-0.1, -0.05) is 11.6 Å². The van der Waals surface area contributed by atoms with E-state index in [2.05, 4.69) is 10.6 Å². The van der Waals surface area contributed by atoms with E-state index in [-0.39, 0.29) is 23.4 Å². The van der Waals surface area contributed by atoms with Gasteiger partial charge in [0.25, 0.3) is 0 Å². The van der Waals surface area contributed by atoms with Crippen LogP contribution in [-0.4, -0.2) is 31.1 Å². The second-order valence-electron chi connectivity index (χ2n) is 6.06. The Kier molecular flexibility index (Phi) is 5.81. The van der Waals surface area contributed by atoms with Gasteiger partial charge in [0, 0.05) is 24.3 Å². The van der Waals surface area contributed by atoms with E-state index in [4.69, 9.17) is 16.3 Å². The Labute approximate surface area is 161 Å². The molecule has 8 heteroatoms. The summed E-state index contributed by atoms with van der Waals surface area (Å²) in [5.41, 5.74) is 1.12. The fourth-order valence-corrected chi connectivity index (χ4v) is 3.05. The number of anilines is 2. The van der Waals surface area contributed by atoms with Gasteiger partial charge in [0.15, 0.2) is 0 Å². The minimum Gasteiger partial charge on any atom is -0.494 e. The van der Waals surface area contributed by atoms with Gasteiger partial charge in [-0.2, -0.15) is 0 Å². The van der Waals surface area contributed by atoms with Gasteiger partial charge in [0.05, 0.1) is 17.7 Å². The fraction of sp³-hybridized carbons (Fsp3) is 0.263. The molecule has 2 N–H and O–H groups in total. The van der Waals surface area contributed by atoms with E-state index < -0.39 is 11.8 Å². The molecule has 1 fully saturated rings. The van der Waals surface area contributed by atoms with Gasteiger partial charge < -0.3 is 20.3 Å². The lowest BCUT2D eigenvalue weighted by Gasteiger charge is -2.18. The Bertz CT molecular complexity index is 845. The van der Waals surface area contributed by atoms with Crippen molar-refractivity contribution < 1.29 is 18.7 Å². The van der Waals surface area contributed by atoms with Crippen LogP contribution < -0.4 is 20.3 Å². The van der Waals surface area contributed by atoms with E-state index in [0.717, 1.165) is 11.4 Å². The number of hydrogen-bond acceptors (Lipinski definition) is 3. The number of nitrogens with zero attached hydrogens (tertiary/aromatic N) is 1. The smallest absolute Gasteiger partial charge is 0.319 e. The summed E-state index contributed by atoms with van der Waals surface area (Å²) in [6.45, 7) is 2.84. The summed E-state index contributed by atoms with van der Waals surface area (Å²) >= 11 is 5.70. The Morgan fingerprint density at radius 1 is 1.30 bits per heavy atom. The first-order valence-corrected chi connectivity index (χ1v) is 8.90. The van der Waals surface area contributed by atoms with Crippen LogP contribution in [0.25, 0.3) is 0 Å². The maximum atomic E-state index is 13.2. The quantitative estimate of drug-likeness (QED) is 0.814. The molecule has 6 nitrogen and oxygen atoms in total. The summed E-state index contributed by atoms with van der Waals surface area (Å²) in [6.07, 6.45) is 0.199. The molecule has 0 radical (unpaired) electrons. The van der Waals surface area contributed by atoms with Gasteiger partial charge in [0.1, 0.15) is 11.6 Å². The molecular weight excluding hydrogens is 373 g/mol. The van der Waals surface area contributed by atoms with E-state index in [1.165, 1.54) is 18.2 Å². The molecule has 2 aromatic rings. The second kappa shape index (κ2) is 8.26. The molecule has 1 heterocycles. The van der Waals surface area contributed by atoms with Crippen molar-refractivity contribution in [3.8, 4) is 5.75 Å². The molecule has 1 atom stereocenters. The first-order valence-electron chi connectivity index (χ1n) is 8.52. The van der Waals surface area contributed by atoms with Crippen molar-refractivity contribution in [2.45, 2.75) is 19.4 Å². The molecule has 0 saturated carbocycles. The summed E-state index contributed by atoms with van der Waals surface area (Å²) in [4.78, 5) is 26.0. The van der Waals surface area contributed by atoms with Gasteiger partial charge >= 0.3 is 6.03 Å². The number of amides is 3. The maximum absolute atomic E-state index is 13.2. The number of rotatable bonds is 5. The zero-order valence-electron chi connectivity index (χ0n) is 14.7. The average molecular weight is 392 g/mol. The van der Waals surface area contributed by atoms with Crippen LogP contribution in [0.3, 0.4) is 0 Å². The highest BCUT2D eigenvalue weighted by Crippen LogP contribution is 2.24. The SMILES string of the molecule is CCOc1ccc(N2C[C@H](NC(=O)Nc3ccc(F)c(Cl)c3)CC2=O)cc1. The maximum Gasteiger partial charge on any atom is 0.319 e. The highest BCUT2D eigenvalue weighted by atomic mass is 35.5. The molecule has 1 aliphatic heterocycles. The Hall–Kier alpha value is -2.80. The second-order valence-corrected chi connectivity index (χ2v) is 6.47. The van der Waals surface area contributed by atoms with E-state index in [1.54, 1.807) is 17.0 Å². The largest absolute Gasteiger partial charge is 0.494 e. The lowest BCUT2D eigenvalue weighted by atomic mass is 10.2. The minimum atomic E-state index is -0.560. The summed E-state index contributed by atoms with van der Waals surface area (Å²) in [7, 11) is 0. The predicted octanol–water partition coefficient (Wildman–Crippen LogP) is 3.80. The summed E-state index contributed by atoms with van der Waals surface area (Å²) in [5.74, 6) is 0.101. The first kappa shape index (κ1) is 19.0. The van der Waals surface area contributed by atoms with Crippen LogP contribution in [0.5, 0.6) is 5.75 Å². The molecule has 0 unspecified atom stereocenters. The van der Waals surface area contributed by atoms with Gasteiger partial charge in [-0.15, -0.1) is 0 Å². The first-order chi connectivity index (χ1) is 13.0. The molecule has 1 saturated heterocycles. The number of carbonyl (C=O) groups excluding carboxylic acids is 2. The average Bonchev–Trinajstić information content (AvgIpc) is 2.99. The van der Waals surface area contributed by atoms with Crippen LogP contribution in [-0.2, 0) is 4.79 Å². The van der Waals surface area contributed by atoms with Crippen LogP contribution in [0.1, 0.15) is 13.3 Å². The predicted molar refractivity (Wildman–Crippen MR) is 102 cm³/mol. The standard InChI is InChI=1S/C19H19ClFN3O3/c1-2-27-15-6-4-14(5-7-15)24-11-13(10-18(24)25)23-19(26)22-12-3-8-17(21)16(20)9-12/h3-9,13H,2,10-11H2,1H3,(H2,22,23,26)/t13-/m1/s1. The third-order valence-electron chi connectivity index (χ3n) is 4.10. The normalized spacial score (nSPS) is 16.3. The Morgan fingerprint density at radius 2 is 2.04 bits per heavy atom. The summed E-state index contributed by atoms with van der Waals surface area (Å²) in [5, 5.41) is 5.25. The van der Waals surface area contributed by atoms with Crippen LogP contribution in [0.4, 0.5) is 20.6 Å². The van der Waals surface area contributed by atoms with E-state index in [1.807, 2.05) is 19.1 Å². The van der Waals surface area contributed by atoms with Gasteiger partial charge in [-0.3, -0.25) is 4.79 Å². The Morgan fingerprint density at radius 3 is 2.70 bits per heavy atom. The number of benzene rings is 2. The molecule has 0 aromatic heterocycles. The van der Waals surface area contributed by atoms with Crippen LogP contribution in [0, 0.1) is 5.82 Å². The molecule has 0 aliphatic carbocycles. The third-order valence-corrected chi connectivity index (χ3v) is 4.39. The van der Waals surface area contributed by atoms with Crippen LogP contribution in [0.2, 0.25) is 5.02 Å². The number of ether oxygens (including phenoxy) is 1. The van der Waals surface area contributed by atoms with Crippen molar-refractivity contribution in [1.29, 1.82) is 0 Å². The Balaban J connectivity index is 1.58. The van der Waals surface area contributed by atoms with Crippen molar-refractivity contribution in [2.75, 3.05) is 23.4 Å². The van der Waals surface area contributed by atoms with Crippen LogP contribution in [0.15, 0.2) is 42.5 Å². The number of hydrogen-bond donors (Lipinski definition) is 2. The molecular formula is C19H19ClFN3O3. The van der Waals surface area contributed by atoms with Crippen molar-refractivity contribution in [3.05, 3.63) is 53.3 Å². The molecule has 142 valence electrons. The van der Waals surface area contributed by atoms with Crippen molar-refractivity contribution in [2.24, 2.45) is 0 Å². The number of carbonyl (C=O) groups is 2. The van der Waals surface area contributed by atoms with E-state index in [9.17, 15) is 14.0 Å². The van der Waals surface area contributed by atoms with Crippen molar-refractivity contribution >= 4 is 34.9 Å². The van der Waals surface area contributed by atoms with Crippen molar-refractivity contribution in [3.63, 3.8) is 0 Å². The fourth-order valence-electron chi connectivity index (χ4n) is 2.87. The molecule has 27 heavy (non-hydrogen) atoms.